The molecule has 0 fully saturated rings. The van der Waals surface area contributed by atoms with Crippen molar-refractivity contribution in [3.63, 3.8) is 0 Å². The molecule has 0 bridgehead atoms. The second-order valence-electron chi connectivity index (χ2n) is 8.84. The van der Waals surface area contributed by atoms with Gasteiger partial charge >= 0.3 is 11.9 Å². The van der Waals surface area contributed by atoms with E-state index in [1.165, 1.54) is 12.3 Å². The number of halogens is 2. The van der Waals surface area contributed by atoms with E-state index in [1.807, 2.05) is 20.8 Å². The van der Waals surface area contributed by atoms with Crippen molar-refractivity contribution in [3.8, 4) is 0 Å². The molecule has 0 N–H and O–H groups in total. The van der Waals surface area contributed by atoms with E-state index < -0.39 is 17.2 Å². The second-order valence-corrected chi connectivity index (χ2v) is 9.61. The number of nitrogens with zero attached hydrogens (tertiary/aromatic N) is 2. The zero-order valence-electron chi connectivity index (χ0n) is 19.1. The minimum atomic E-state index is -0.543. The van der Waals surface area contributed by atoms with Crippen LogP contribution in [0.2, 0.25) is 10.3 Å². The van der Waals surface area contributed by atoms with Gasteiger partial charge in [0.2, 0.25) is 0 Å². The van der Waals surface area contributed by atoms with Gasteiger partial charge in [0.05, 0.1) is 12.8 Å². The number of hydrogen-bond acceptors (Lipinski definition) is 7. The third-order valence-electron chi connectivity index (χ3n) is 3.43. The summed E-state index contributed by atoms with van der Waals surface area (Å²) in [5.41, 5.74) is 0.679. The molecule has 0 saturated carbocycles. The fraction of sp³-hybridized carbons (Fsp3) is 0.435. The molecule has 9 heteroatoms. The lowest BCUT2D eigenvalue weighted by Crippen LogP contribution is -2.25. The van der Waals surface area contributed by atoms with Crippen LogP contribution in [0.4, 0.5) is 0 Å². The Morgan fingerprint density at radius 3 is 1.88 bits per heavy atom. The summed E-state index contributed by atoms with van der Waals surface area (Å²) < 4.78 is 10.3. The van der Waals surface area contributed by atoms with Crippen LogP contribution in [0.1, 0.15) is 63.0 Å². The Hall–Kier alpha value is -2.51. The molecule has 0 spiro atoms. The van der Waals surface area contributed by atoms with Gasteiger partial charge in [-0.2, -0.15) is 0 Å². The van der Waals surface area contributed by atoms with E-state index in [9.17, 15) is 14.4 Å². The van der Waals surface area contributed by atoms with Gasteiger partial charge in [-0.1, -0.05) is 29.3 Å². The summed E-state index contributed by atoms with van der Waals surface area (Å²) in [7, 11) is 0. The van der Waals surface area contributed by atoms with Gasteiger partial charge in [-0.05, 0) is 64.8 Å². The van der Waals surface area contributed by atoms with Crippen molar-refractivity contribution in [2.45, 2.75) is 65.6 Å². The summed E-state index contributed by atoms with van der Waals surface area (Å²) in [6, 6.07) is 4.84. The smallest absolute Gasteiger partial charge is 0.310 e. The normalized spacial score (nSPS) is 11.1. The van der Waals surface area contributed by atoms with Crippen LogP contribution in [-0.2, 0) is 31.9 Å². The molecule has 174 valence electrons. The highest BCUT2D eigenvalue weighted by Crippen LogP contribution is 2.15. The standard InChI is InChI=1S/C12H14ClNO3.C11H14ClNO2/c1-12(2,3)17-11(16)5-8-6-14-10(13)4-9(8)7-15;1-11(2,3)15-10(14)6-8-4-5-9(12)13-7-8/h4,6-7H,5H2,1-3H3;4-5,7H,6H2,1-3H3. The summed E-state index contributed by atoms with van der Waals surface area (Å²) in [5, 5.41) is 0.642. The summed E-state index contributed by atoms with van der Waals surface area (Å²) >= 11 is 11.3. The molecule has 2 heterocycles. The zero-order chi connectivity index (χ0) is 24.5. The summed E-state index contributed by atoms with van der Waals surface area (Å²) in [5.74, 6) is -0.656. The fourth-order valence-corrected chi connectivity index (χ4v) is 2.60. The predicted molar refractivity (Wildman–Crippen MR) is 123 cm³/mol. The Morgan fingerprint density at radius 1 is 0.875 bits per heavy atom. The van der Waals surface area contributed by atoms with Crippen molar-refractivity contribution >= 4 is 41.4 Å². The average Bonchev–Trinajstić information content (AvgIpc) is 2.62. The van der Waals surface area contributed by atoms with Crippen molar-refractivity contribution in [2.24, 2.45) is 0 Å². The SMILES string of the molecule is CC(C)(C)OC(=O)Cc1ccc(Cl)nc1.CC(C)(C)OC(=O)Cc1cnc(Cl)cc1C=O. The molecule has 0 aliphatic carbocycles. The van der Waals surface area contributed by atoms with E-state index in [0.29, 0.717) is 22.6 Å². The van der Waals surface area contributed by atoms with Crippen molar-refractivity contribution in [3.05, 3.63) is 57.6 Å². The quantitative estimate of drug-likeness (QED) is 0.334. The monoisotopic (exact) mass is 482 g/mol. The van der Waals surface area contributed by atoms with Gasteiger partial charge < -0.3 is 9.47 Å². The van der Waals surface area contributed by atoms with Crippen molar-refractivity contribution in [2.75, 3.05) is 0 Å². The fourth-order valence-electron chi connectivity index (χ4n) is 2.32. The van der Waals surface area contributed by atoms with Crippen molar-refractivity contribution in [1.29, 1.82) is 0 Å². The number of ether oxygens (including phenoxy) is 2. The third kappa shape index (κ3) is 11.8. The Labute approximate surface area is 198 Å². The van der Waals surface area contributed by atoms with Crippen LogP contribution in [0, 0.1) is 0 Å². The van der Waals surface area contributed by atoms with Gasteiger partial charge in [0.1, 0.15) is 21.5 Å². The van der Waals surface area contributed by atoms with Crippen LogP contribution in [0.3, 0.4) is 0 Å². The Kier molecular flexibility index (Phi) is 10.3. The van der Waals surface area contributed by atoms with Gasteiger partial charge in [0.25, 0.3) is 0 Å². The number of pyridine rings is 2. The predicted octanol–water partition coefficient (Wildman–Crippen LogP) is 5.05. The van der Waals surface area contributed by atoms with Crippen LogP contribution in [-0.4, -0.2) is 39.4 Å². The lowest BCUT2D eigenvalue weighted by Gasteiger charge is -2.19. The topological polar surface area (TPSA) is 95.5 Å². The number of aromatic nitrogens is 2. The summed E-state index contributed by atoms with van der Waals surface area (Å²) in [6.07, 6.45) is 3.87. The molecule has 0 aliphatic heterocycles. The van der Waals surface area contributed by atoms with Crippen LogP contribution in [0.15, 0.2) is 30.6 Å². The molecule has 2 aromatic rings. The van der Waals surface area contributed by atoms with Gasteiger partial charge in [0, 0.05) is 18.0 Å². The molecule has 0 saturated heterocycles. The minimum absolute atomic E-state index is 0.00944. The maximum Gasteiger partial charge on any atom is 0.310 e. The molecule has 0 aliphatic rings. The van der Waals surface area contributed by atoms with Gasteiger partial charge in [-0.25, -0.2) is 9.97 Å². The number of carbonyl (C=O) groups excluding carboxylic acids is 3. The van der Waals surface area contributed by atoms with E-state index in [-0.39, 0.29) is 24.0 Å². The van der Waals surface area contributed by atoms with E-state index >= 15 is 0 Å². The molecule has 0 aromatic carbocycles. The van der Waals surface area contributed by atoms with Crippen LogP contribution in [0.25, 0.3) is 0 Å². The number of rotatable bonds is 5. The van der Waals surface area contributed by atoms with E-state index in [4.69, 9.17) is 32.7 Å². The highest BCUT2D eigenvalue weighted by atomic mass is 35.5. The zero-order valence-corrected chi connectivity index (χ0v) is 20.6. The van der Waals surface area contributed by atoms with Gasteiger partial charge in [0.15, 0.2) is 6.29 Å². The largest absolute Gasteiger partial charge is 0.460 e. The third-order valence-corrected chi connectivity index (χ3v) is 3.86. The number of esters is 2. The van der Waals surface area contributed by atoms with Gasteiger partial charge in [-0.15, -0.1) is 0 Å². The van der Waals surface area contributed by atoms with Crippen molar-refractivity contribution < 1.29 is 23.9 Å². The molecule has 2 rings (SSSR count). The number of hydrogen-bond donors (Lipinski definition) is 0. The first-order valence-corrected chi connectivity index (χ1v) is 10.6. The van der Waals surface area contributed by atoms with E-state index in [2.05, 4.69) is 9.97 Å². The minimum Gasteiger partial charge on any atom is -0.460 e. The molecule has 2 aromatic heterocycles. The van der Waals surface area contributed by atoms with E-state index in [1.54, 1.807) is 39.1 Å². The molecule has 7 nitrogen and oxygen atoms in total. The lowest BCUT2D eigenvalue weighted by atomic mass is 10.1. The Bertz CT molecular complexity index is 933. The van der Waals surface area contributed by atoms with Crippen molar-refractivity contribution in [1.82, 2.24) is 9.97 Å². The molecule has 0 atom stereocenters. The van der Waals surface area contributed by atoms with Crippen LogP contribution < -0.4 is 0 Å². The van der Waals surface area contributed by atoms with Gasteiger partial charge in [-0.3, -0.25) is 14.4 Å². The molecule has 0 amide bonds. The summed E-state index contributed by atoms with van der Waals surface area (Å²) in [6.45, 7) is 10.9. The number of aldehydes is 1. The first kappa shape index (κ1) is 27.5. The maximum atomic E-state index is 11.6. The Morgan fingerprint density at radius 2 is 1.41 bits per heavy atom. The molecular formula is C23H28Cl2N2O5. The van der Waals surface area contributed by atoms with Crippen LogP contribution in [0.5, 0.6) is 0 Å². The molecule has 0 radical (unpaired) electrons. The first-order valence-electron chi connectivity index (χ1n) is 9.82. The summed E-state index contributed by atoms with van der Waals surface area (Å²) in [4.78, 5) is 41.5. The highest BCUT2D eigenvalue weighted by Gasteiger charge is 2.18. The average molecular weight is 483 g/mol. The molecular weight excluding hydrogens is 455 g/mol. The molecule has 32 heavy (non-hydrogen) atoms. The molecule has 0 unspecified atom stereocenters. The maximum absolute atomic E-state index is 11.6. The second kappa shape index (κ2) is 11.9. The highest BCUT2D eigenvalue weighted by molar-refractivity contribution is 6.29. The lowest BCUT2D eigenvalue weighted by molar-refractivity contribution is -0.155. The van der Waals surface area contributed by atoms with Crippen LogP contribution >= 0.6 is 23.2 Å². The number of carbonyl (C=O) groups is 3. The van der Waals surface area contributed by atoms with E-state index in [0.717, 1.165) is 5.56 Å². The Balaban J connectivity index is 0.000000323. The first-order chi connectivity index (χ1) is 14.7.